The van der Waals surface area contributed by atoms with E-state index in [1.165, 1.54) is 11.8 Å². The Balaban J connectivity index is 0.000000293. The number of aliphatic carboxylic acids is 1. The van der Waals surface area contributed by atoms with E-state index in [0.717, 1.165) is 30.2 Å². The second-order valence-electron chi connectivity index (χ2n) is 8.45. The summed E-state index contributed by atoms with van der Waals surface area (Å²) in [4.78, 5) is 38.1. The Morgan fingerprint density at radius 1 is 0.944 bits per heavy atom. The van der Waals surface area contributed by atoms with Gasteiger partial charge in [-0.05, 0) is 56.3 Å². The van der Waals surface area contributed by atoms with Crippen LogP contribution in [0, 0.1) is 0 Å². The highest BCUT2D eigenvalue weighted by Gasteiger charge is 2.22. The molecule has 2 atom stereocenters. The monoisotopic (exact) mass is 493 g/mol. The molecule has 0 saturated heterocycles. The summed E-state index contributed by atoms with van der Waals surface area (Å²) < 4.78 is 0. The topological polar surface area (TPSA) is 174 Å². The third-order valence-corrected chi connectivity index (χ3v) is 5.60. The number of pyridine rings is 1. The number of nitrogens with zero attached hydrogens (tertiary/aromatic N) is 1. The fraction of sp³-hybridized carbons (Fsp3) is 0.333. The summed E-state index contributed by atoms with van der Waals surface area (Å²) in [5, 5.41) is 12.7. The minimum atomic E-state index is -1.02. The number of aryl methyl sites for hydroxylation is 1. The lowest BCUT2D eigenvalue weighted by molar-refractivity contribution is -0.142. The highest BCUT2D eigenvalue weighted by Crippen LogP contribution is 2.12. The van der Waals surface area contributed by atoms with Gasteiger partial charge in [-0.3, -0.25) is 14.6 Å². The van der Waals surface area contributed by atoms with E-state index in [1.54, 1.807) is 6.07 Å². The number of hydrogen-bond donors (Lipinski definition) is 5. The minimum Gasteiger partial charge on any atom is -0.480 e. The van der Waals surface area contributed by atoms with Crippen molar-refractivity contribution in [2.24, 2.45) is 17.2 Å². The molecule has 0 radical (unpaired) electrons. The van der Waals surface area contributed by atoms with Crippen LogP contribution in [0.2, 0.25) is 0 Å². The molecule has 3 rings (SSSR count). The van der Waals surface area contributed by atoms with E-state index in [-0.39, 0.29) is 0 Å². The van der Waals surface area contributed by atoms with E-state index >= 15 is 0 Å². The van der Waals surface area contributed by atoms with Gasteiger partial charge in [0.05, 0.1) is 17.1 Å². The standard InChI is InChI=1S/C17H27N3O3.C10H8N2O/c18-12-6-10-14(19)16(21)20-15(17(22)23)11-5-4-9-13-7-2-1-3-8-13;11-10(13)8-5-7-3-1-2-4-9(7)12-6-8/h1-3,7-8,14-15H,4-6,9-12,18-19H2,(H,20,21)(H,22,23);1-6H,(H2,11,13)/t14-,15+;/m1./s1. The lowest BCUT2D eigenvalue weighted by Gasteiger charge is -2.17. The molecule has 0 bridgehead atoms. The maximum Gasteiger partial charge on any atom is 0.326 e. The normalized spacial score (nSPS) is 12.2. The molecule has 9 nitrogen and oxygen atoms in total. The number of nitrogens with one attached hydrogen (secondary N) is 1. The van der Waals surface area contributed by atoms with Crippen molar-refractivity contribution in [2.75, 3.05) is 6.54 Å². The van der Waals surface area contributed by atoms with Gasteiger partial charge in [-0.15, -0.1) is 0 Å². The molecule has 2 aromatic carbocycles. The van der Waals surface area contributed by atoms with Crippen LogP contribution in [-0.4, -0.2) is 46.5 Å². The molecule has 0 saturated carbocycles. The van der Waals surface area contributed by atoms with Crippen LogP contribution in [-0.2, 0) is 16.0 Å². The van der Waals surface area contributed by atoms with E-state index in [4.69, 9.17) is 17.2 Å². The Kier molecular flexibility index (Phi) is 12.0. The molecule has 3 aromatic rings. The molecule has 0 spiro atoms. The highest BCUT2D eigenvalue weighted by molar-refractivity contribution is 5.96. The second kappa shape index (κ2) is 15.2. The van der Waals surface area contributed by atoms with Crippen molar-refractivity contribution in [3.63, 3.8) is 0 Å². The van der Waals surface area contributed by atoms with Crippen LogP contribution in [0.25, 0.3) is 10.9 Å². The number of unbranched alkanes of at least 4 members (excludes halogenated alkanes) is 1. The van der Waals surface area contributed by atoms with Gasteiger partial charge in [-0.1, -0.05) is 55.0 Å². The van der Waals surface area contributed by atoms with Gasteiger partial charge in [-0.25, -0.2) is 4.79 Å². The fourth-order valence-corrected chi connectivity index (χ4v) is 3.53. The zero-order valence-corrected chi connectivity index (χ0v) is 20.3. The number of primary amides is 1. The molecule has 0 aliphatic heterocycles. The van der Waals surface area contributed by atoms with E-state index in [9.17, 15) is 19.5 Å². The van der Waals surface area contributed by atoms with Crippen molar-refractivity contribution in [2.45, 2.75) is 50.6 Å². The summed E-state index contributed by atoms with van der Waals surface area (Å²) in [5.41, 5.74) is 18.8. The van der Waals surface area contributed by atoms with Gasteiger partial charge in [0.2, 0.25) is 11.8 Å². The van der Waals surface area contributed by atoms with Crippen LogP contribution in [0.4, 0.5) is 0 Å². The Morgan fingerprint density at radius 2 is 1.64 bits per heavy atom. The van der Waals surface area contributed by atoms with Crippen molar-refractivity contribution in [3.05, 3.63) is 78.0 Å². The van der Waals surface area contributed by atoms with Crippen molar-refractivity contribution in [3.8, 4) is 0 Å². The zero-order chi connectivity index (χ0) is 26.3. The van der Waals surface area contributed by atoms with Gasteiger partial charge in [0.15, 0.2) is 0 Å². The van der Waals surface area contributed by atoms with Crippen LogP contribution < -0.4 is 22.5 Å². The largest absolute Gasteiger partial charge is 0.480 e. The molecule has 0 aliphatic rings. The molecular weight excluding hydrogens is 458 g/mol. The third kappa shape index (κ3) is 9.81. The first-order chi connectivity index (χ1) is 17.3. The summed E-state index contributed by atoms with van der Waals surface area (Å²) in [5.74, 6) is -1.89. The second-order valence-corrected chi connectivity index (χ2v) is 8.45. The van der Waals surface area contributed by atoms with E-state index in [1.807, 2.05) is 54.6 Å². The Labute approximate surface area is 211 Å². The molecule has 192 valence electrons. The van der Waals surface area contributed by atoms with Gasteiger partial charge in [-0.2, -0.15) is 0 Å². The fourth-order valence-electron chi connectivity index (χ4n) is 3.53. The Morgan fingerprint density at radius 3 is 2.31 bits per heavy atom. The molecule has 36 heavy (non-hydrogen) atoms. The molecule has 0 unspecified atom stereocenters. The van der Waals surface area contributed by atoms with Gasteiger partial charge in [0.1, 0.15) is 6.04 Å². The molecule has 8 N–H and O–H groups in total. The Hall–Kier alpha value is -3.82. The van der Waals surface area contributed by atoms with Gasteiger partial charge in [0.25, 0.3) is 0 Å². The molecule has 1 heterocycles. The van der Waals surface area contributed by atoms with Crippen LogP contribution >= 0.6 is 0 Å². The number of carboxylic acids is 1. The first-order valence-corrected chi connectivity index (χ1v) is 12.0. The average Bonchev–Trinajstić information content (AvgIpc) is 2.89. The number of rotatable bonds is 12. The van der Waals surface area contributed by atoms with E-state index < -0.39 is 29.9 Å². The number of fused-ring (bicyclic) bond motifs is 1. The third-order valence-electron chi connectivity index (χ3n) is 5.60. The molecule has 0 aliphatic carbocycles. The van der Waals surface area contributed by atoms with Crippen molar-refractivity contribution in [1.29, 1.82) is 0 Å². The van der Waals surface area contributed by atoms with Crippen molar-refractivity contribution in [1.82, 2.24) is 10.3 Å². The molecule has 9 heteroatoms. The number of amides is 2. The lowest BCUT2D eigenvalue weighted by Crippen LogP contribution is -2.48. The smallest absolute Gasteiger partial charge is 0.326 e. The Bertz CT molecular complexity index is 1120. The lowest BCUT2D eigenvalue weighted by atomic mass is 10.0. The van der Waals surface area contributed by atoms with Gasteiger partial charge >= 0.3 is 5.97 Å². The summed E-state index contributed by atoms with van der Waals surface area (Å²) in [6, 6.07) is 17.8. The SMILES string of the molecule is NC(=O)c1cnc2ccccc2c1.NCCC[C@@H](N)C(=O)N[C@@H](CCCCc1ccccc1)C(=O)O. The zero-order valence-electron chi connectivity index (χ0n) is 20.3. The maximum atomic E-state index is 11.9. The van der Waals surface area contributed by atoms with E-state index in [2.05, 4.69) is 10.3 Å². The van der Waals surface area contributed by atoms with Crippen LogP contribution in [0.5, 0.6) is 0 Å². The maximum absolute atomic E-state index is 11.9. The highest BCUT2D eigenvalue weighted by atomic mass is 16.4. The van der Waals surface area contributed by atoms with Gasteiger partial charge in [0, 0.05) is 11.6 Å². The summed E-state index contributed by atoms with van der Waals surface area (Å²) in [6.45, 7) is 0.461. The van der Waals surface area contributed by atoms with Crippen molar-refractivity contribution < 1.29 is 19.5 Å². The van der Waals surface area contributed by atoms with Crippen LogP contribution in [0.1, 0.15) is 48.0 Å². The first kappa shape index (κ1) is 28.4. The number of benzene rings is 2. The predicted octanol–water partition coefficient (Wildman–Crippen LogP) is 2.37. The number of nitrogens with two attached hydrogens (primary N) is 3. The molecule has 2 amide bonds. The summed E-state index contributed by atoms with van der Waals surface area (Å²) >= 11 is 0. The first-order valence-electron chi connectivity index (χ1n) is 12.0. The van der Waals surface area contributed by atoms with Gasteiger partial charge < -0.3 is 27.6 Å². The molecular formula is C27H35N5O4. The summed E-state index contributed by atoms with van der Waals surface area (Å²) in [7, 11) is 0. The number of para-hydroxylation sites is 1. The number of aromatic nitrogens is 1. The minimum absolute atomic E-state index is 0.400. The van der Waals surface area contributed by atoms with Crippen LogP contribution in [0.15, 0.2) is 66.9 Å². The molecule has 1 aromatic heterocycles. The summed E-state index contributed by atoms with van der Waals surface area (Å²) in [6.07, 6.45) is 5.50. The molecule has 0 fully saturated rings. The number of carbonyl (C=O) groups is 3. The van der Waals surface area contributed by atoms with E-state index in [0.29, 0.717) is 31.4 Å². The predicted molar refractivity (Wildman–Crippen MR) is 140 cm³/mol. The number of carbonyl (C=O) groups excluding carboxylic acids is 2. The number of carboxylic acid groups (broad SMARTS) is 1. The average molecular weight is 494 g/mol. The van der Waals surface area contributed by atoms with Crippen molar-refractivity contribution >= 4 is 28.7 Å². The quantitative estimate of drug-likeness (QED) is 0.241. The van der Waals surface area contributed by atoms with Crippen LogP contribution in [0.3, 0.4) is 0 Å². The number of hydrogen-bond acceptors (Lipinski definition) is 6.